The van der Waals surface area contributed by atoms with Gasteiger partial charge < -0.3 is 4.90 Å². The van der Waals surface area contributed by atoms with Crippen LogP contribution in [0.15, 0.2) is 0 Å². The first-order valence-electron chi connectivity index (χ1n) is 5.43. The Kier molecular flexibility index (Phi) is 3.27. The Hall–Kier alpha value is -0.740. The van der Waals surface area contributed by atoms with Gasteiger partial charge in [0.1, 0.15) is 0 Å². The van der Waals surface area contributed by atoms with Crippen LogP contribution in [0.4, 0.5) is 13.2 Å². The van der Waals surface area contributed by atoms with Crippen molar-refractivity contribution in [2.24, 2.45) is 11.3 Å². The zero-order valence-electron chi connectivity index (χ0n) is 10.1. The van der Waals surface area contributed by atoms with Crippen LogP contribution in [-0.2, 0) is 4.79 Å². The number of nitrogens with zero attached hydrogens (tertiary/aromatic N) is 1. The molecule has 0 bridgehead atoms. The molecule has 0 spiro atoms. The van der Waals surface area contributed by atoms with Crippen molar-refractivity contribution in [3.8, 4) is 0 Å². The van der Waals surface area contributed by atoms with E-state index in [1.54, 1.807) is 20.8 Å². The number of carbonyl (C=O) groups is 1. The standard InChI is InChI=1S/C11H18F3NO/c1-7-8(11(12,13)14)5-6-15(7)9(16)10(2,3)4/h7-8H,5-6H2,1-4H3. The van der Waals surface area contributed by atoms with E-state index in [4.69, 9.17) is 0 Å². The molecular weight excluding hydrogens is 219 g/mol. The average molecular weight is 237 g/mol. The second-order valence-corrected chi connectivity index (χ2v) is 5.43. The lowest BCUT2D eigenvalue weighted by Gasteiger charge is -2.31. The smallest absolute Gasteiger partial charge is 0.339 e. The van der Waals surface area contributed by atoms with Crippen LogP contribution in [0.25, 0.3) is 0 Å². The van der Waals surface area contributed by atoms with Crippen LogP contribution in [0.5, 0.6) is 0 Å². The normalized spacial score (nSPS) is 27.3. The van der Waals surface area contributed by atoms with Gasteiger partial charge in [-0.3, -0.25) is 4.79 Å². The Labute approximate surface area is 93.8 Å². The van der Waals surface area contributed by atoms with Gasteiger partial charge in [0.05, 0.1) is 5.92 Å². The second kappa shape index (κ2) is 3.93. The van der Waals surface area contributed by atoms with Gasteiger partial charge in [0.25, 0.3) is 0 Å². The van der Waals surface area contributed by atoms with Crippen LogP contribution < -0.4 is 0 Å². The van der Waals surface area contributed by atoms with Crippen molar-refractivity contribution in [2.75, 3.05) is 6.54 Å². The van der Waals surface area contributed by atoms with Gasteiger partial charge >= 0.3 is 6.18 Å². The Morgan fingerprint density at radius 3 is 2.06 bits per heavy atom. The number of likely N-dealkylation sites (tertiary alicyclic amines) is 1. The summed E-state index contributed by atoms with van der Waals surface area (Å²) in [7, 11) is 0. The van der Waals surface area contributed by atoms with Crippen molar-refractivity contribution in [3.63, 3.8) is 0 Å². The van der Waals surface area contributed by atoms with E-state index in [-0.39, 0.29) is 18.9 Å². The highest BCUT2D eigenvalue weighted by molar-refractivity contribution is 5.82. The molecule has 16 heavy (non-hydrogen) atoms. The molecule has 1 saturated heterocycles. The average Bonchev–Trinajstić information content (AvgIpc) is 2.42. The number of rotatable bonds is 0. The molecule has 0 N–H and O–H groups in total. The summed E-state index contributed by atoms with van der Waals surface area (Å²) in [4.78, 5) is 13.3. The lowest BCUT2D eigenvalue weighted by Crippen LogP contribution is -2.44. The number of hydrogen-bond acceptors (Lipinski definition) is 1. The van der Waals surface area contributed by atoms with Gasteiger partial charge in [-0.05, 0) is 13.3 Å². The highest BCUT2D eigenvalue weighted by atomic mass is 19.4. The first kappa shape index (κ1) is 13.3. The molecular formula is C11H18F3NO. The lowest BCUT2D eigenvalue weighted by molar-refractivity contribution is -0.180. The maximum atomic E-state index is 12.6. The third-order valence-electron chi connectivity index (χ3n) is 3.08. The third kappa shape index (κ3) is 2.50. The summed E-state index contributed by atoms with van der Waals surface area (Å²) in [5, 5.41) is 0. The molecule has 0 aromatic heterocycles. The van der Waals surface area contributed by atoms with E-state index in [1.807, 2.05) is 0 Å². The molecule has 5 heteroatoms. The van der Waals surface area contributed by atoms with Crippen molar-refractivity contribution < 1.29 is 18.0 Å². The number of amides is 1. The Morgan fingerprint density at radius 2 is 1.75 bits per heavy atom. The maximum Gasteiger partial charge on any atom is 0.393 e. The SMILES string of the molecule is CC1C(C(F)(F)F)CCN1C(=O)C(C)(C)C. The minimum Gasteiger partial charge on any atom is -0.339 e. The zero-order valence-corrected chi connectivity index (χ0v) is 10.1. The molecule has 1 fully saturated rings. The first-order chi connectivity index (χ1) is 7.05. The molecule has 1 heterocycles. The highest BCUT2D eigenvalue weighted by Crippen LogP contribution is 2.39. The van der Waals surface area contributed by atoms with Crippen LogP contribution >= 0.6 is 0 Å². The van der Waals surface area contributed by atoms with E-state index in [0.29, 0.717) is 0 Å². The molecule has 0 saturated carbocycles. The molecule has 1 aliphatic heterocycles. The largest absolute Gasteiger partial charge is 0.393 e. The monoisotopic (exact) mass is 237 g/mol. The van der Waals surface area contributed by atoms with Crippen molar-refractivity contribution in [1.82, 2.24) is 4.90 Å². The second-order valence-electron chi connectivity index (χ2n) is 5.43. The van der Waals surface area contributed by atoms with E-state index in [0.717, 1.165) is 0 Å². The molecule has 0 aliphatic carbocycles. The summed E-state index contributed by atoms with van der Waals surface area (Å²) in [6, 6.07) is -0.744. The van der Waals surface area contributed by atoms with Crippen LogP contribution in [0.1, 0.15) is 34.1 Å². The fourth-order valence-electron chi connectivity index (χ4n) is 2.09. The van der Waals surface area contributed by atoms with Crippen molar-refractivity contribution >= 4 is 5.91 Å². The van der Waals surface area contributed by atoms with Gasteiger partial charge in [-0.1, -0.05) is 20.8 Å². The van der Waals surface area contributed by atoms with Gasteiger partial charge in [0.15, 0.2) is 0 Å². The number of halogens is 3. The highest BCUT2D eigenvalue weighted by Gasteiger charge is 2.50. The minimum atomic E-state index is -4.20. The first-order valence-corrected chi connectivity index (χ1v) is 5.43. The Balaban J connectivity index is 2.79. The molecule has 1 rings (SSSR count). The predicted octanol–water partition coefficient (Wildman–Crippen LogP) is 2.83. The van der Waals surface area contributed by atoms with E-state index in [1.165, 1.54) is 11.8 Å². The van der Waals surface area contributed by atoms with Crippen LogP contribution in [0, 0.1) is 11.3 Å². The van der Waals surface area contributed by atoms with Gasteiger partial charge in [0.2, 0.25) is 5.91 Å². The van der Waals surface area contributed by atoms with E-state index in [9.17, 15) is 18.0 Å². The Morgan fingerprint density at radius 1 is 1.25 bits per heavy atom. The van der Waals surface area contributed by atoms with Crippen LogP contribution in [0.2, 0.25) is 0 Å². The summed E-state index contributed by atoms with van der Waals surface area (Å²) in [5.74, 6) is -1.58. The van der Waals surface area contributed by atoms with E-state index >= 15 is 0 Å². The topological polar surface area (TPSA) is 20.3 Å². The minimum absolute atomic E-state index is 0.0203. The molecule has 1 aliphatic rings. The third-order valence-corrected chi connectivity index (χ3v) is 3.08. The molecule has 2 nitrogen and oxygen atoms in total. The van der Waals surface area contributed by atoms with Gasteiger partial charge in [-0.25, -0.2) is 0 Å². The fraction of sp³-hybridized carbons (Fsp3) is 0.909. The van der Waals surface area contributed by atoms with Crippen molar-refractivity contribution in [1.29, 1.82) is 0 Å². The quantitative estimate of drug-likeness (QED) is 0.634. The van der Waals surface area contributed by atoms with Crippen LogP contribution in [0.3, 0.4) is 0 Å². The van der Waals surface area contributed by atoms with Gasteiger partial charge in [-0.15, -0.1) is 0 Å². The van der Waals surface area contributed by atoms with Crippen LogP contribution in [-0.4, -0.2) is 29.6 Å². The fourth-order valence-corrected chi connectivity index (χ4v) is 2.09. The van der Waals surface area contributed by atoms with Crippen molar-refractivity contribution in [3.05, 3.63) is 0 Å². The van der Waals surface area contributed by atoms with E-state index < -0.39 is 23.6 Å². The van der Waals surface area contributed by atoms with E-state index in [2.05, 4.69) is 0 Å². The number of hydrogen-bond donors (Lipinski definition) is 0. The molecule has 1 amide bonds. The lowest BCUT2D eigenvalue weighted by atomic mass is 9.93. The number of alkyl halides is 3. The Bertz CT molecular complexity index is 280. The zero-order chi connectivity index (χ0) is 12.7. The summed E-state index contributed by atoms with van der Waals surface area (Å²) < 4.78 is 37.8. The molecule has 94 valence electrons. The molecule has 0 aromatic rings. The molecule has 2 unspecified atom stereocenters. The van der Waals surface area contributed by atoms with Crippen molar-refractivity contribution in [2.45, 2.75) is 46.3 Å². The summed E-state index contributed by atoms with van der Waals surface area (Å²) in [6.07, 6.45) is -4.18. The maximum absolute atomic E-state index is 12.6. The number of carbonyl (C=O) groups excluding carboxylic acids is 1. The molecule has 2 atom stereocenters. The summed E-state index contributed by atoms with van der Waals surface area (Å²) in [6.45, 7) is 6.87. The summed E-state index contributed by atoms with van der Waals surface area (Å²) in [5.41, 5.74) is -0.616. The molecule has 0 aromatic carbocycles. The summed E-state index contributed by atoms with van der Waals surface area (Å²) >= 11 is 0. The van der Waals surface area contributed by atoms with Gasteiger partial charge in [-0.2, -0.15) is 13.2 Å². The van der Waals surface area contributed by atoms with Gasteiger partial charge in [0, 0.05) is 18.0 Å². The predicted molar refractivity (Wildman–Crippen MR) is 54.8 cm³/mol. The molecule has 0 radical (unpaired) electrons.